The molecule has 0 fully saturated rings. The van der Waals surface area contributed by atoms with Crippen molar-refractivity contribution in [1.29, 1.82) is 0 Å². The lowest BCUT2D eigenvalue weighted by atomic mass is 9.93. The van der Waals surface area contributed by atoms with E-state index < -0.39 is 11.6 Å². The highest BCUT2D eigenvalue weighted by molar-refractivity contribution is 6.30. The third-order valence-corrected chi connectivity index (χ3v) is 4.69. The SMILES string of the molecule is CCC(CC)c1cccc2c1OC(C)(c1ccc(Cl)cc1F)O2. The average molecular weight is 335 g/mol. The summed E-state index contributed by atoms with van der Waals surface area (Å²) in [6.45, 7) is 6.04. The summed E-state index contributed by atoms with van der Waals surface area (Å²) in [5, 5.41) is 0.350. The summed E-state index contributed by atoms with van der Waals surface area (Å²) in [6.07, 6.45) is 2.03. The second-order valence-electron chi connectivity index (χ2n) is 5.96. The molecule has 4 heteroatoms. The van der Waals surface area contributed by atoms with Gasteiger partial charge in [-0.1, -0.05) is 37.6 Å². The lowest BCUT2D eigenvalue weighted by Gasteiger charge is -2.24. The van der Waals surface area contributed by atoms with Gasteiger partial charge in [0.2, 0.25) is 0 Å². The van der Waals surface area contributed by atoms with Crippen LogP contribution in [0.4, 0.5) is 4.39 Å². The summed E-state index contributed by atoms with van der Waals surface area (Å²) in [7, 11) is 0. The van der Waals surface area contributed by atoms with Crippen molar-refractivity contribution >= 4 is 11.6 Å². The van der Waals surface area contributed by atoms with Crippen molar-refractivity contribution in [2.45, 2.75) is 45.3 Å². The van der Waals surface area contributed by atoms with E-state index in [1.54, 1.807) is 19.1 Å². The molecule has 0 bridgehead atoms. The van der Waals surface area contributed by atoms with Crippen LogP contribution < -0.4 is 9.47 Å². The highest BCUT2D eigenvalue weighted by atomic mass is 35.5. The summed E-state index contributed by atoms with van der Waals surface area (Å²) < 4.78 is 26.4. The van der Waals surface area contributed by atoms with Crippen molar-refractivity contribution in [2.24, 2.45) is 0 Å². The summed E-state index contributed by atoms with van der Waals surface area (Å²) in [5.41, 5.74) is 1.46. The average Bonchev–Trinajstić information content (AvgIpc) is 2.86. The molecule has 23 heavy (non-hydrogen) atoms. The van der Waals surface area contributed by atoms with Gasteiger partial charge in [0.05, 0.1) is 5.56 Å². The van der Waals surface area contributed by atoms with Crippen LogP contribution in [-0.2, 0) is 5.79 Å². The fourth-order valence-electron chi connectivity index (χ4n) is 3.17. The predicted molar refractivity (Wildman–Crippen MR) is 89.8 cm³/mol. The Hall–Kier alpha value is -1.74. The van der Waals surface area contributed by atoms with E-state index in [9.17, 15) is 4.39 Å². The van der Waals surface area contributed by atoms with Gasteiger partial charge in [0.15, 0.2) is 11.5 Å². The molecule has 0 N–H and O–H groups in total. The van der Waals surface area contributed by atoms with E-state index in [1.807, 2.05) is 12.1 Å². The second kappa shape index (κ2) is 6.04. The van der Waals surface area contributed by atoms with Crippen molar-refractivity contribution in [3.63, 3.8) is 0 Å². The number of ether oxygens (including phenoxy) is 2. The zero-order valence-electron chi connectivity index (χ0n) is 13.5. The largest absolute Gasteiger partial charge is 0.444 e. The van der Waals surface area contributed by atoms with Crippen molar-refractivity contribution in [1.82, 2.24) is 0 Å². The molecule has 2 aromatic rings. The molecule has 0 radical (unpaired) electrons. The van der Waals surface area contributed by atoms with Crippen LogP contribution >= 0.6 is 11.6 Å². The molecule has 0 spiro atoms. The lowest BCUT2D eigenvalue weighted by molar-refractivity contribution is -0.0711. The molecule has 0 amide bonds. The van der Waals surface area contributed by atoms with Crippen molar-refractivity contribution in [2.75, 3.05) is 0 Å². The molecule has 0 saturated carbocycles. The van der Waals surface area contributed by atoms with Gasteiger partial charge in [-0.25, -0.2) is 4.39 Å². The van der Waals surface area contributed by atoms with Crippen molar-refractivity contribution in [3.05, 3.63) is 58.4 Å². The Kier molecular flexibility index (Phi) is 4.24. The number of fused-ring (bicyclic) bond motifs is 1. The molecule has 122 valence electrons. The van der Waals surface area contributed by atoms with Gasteiger partial charge in [0.25, 0.3) is 5.79 Å². The zero-order valence-corrected chi connectivity index (χ0v) is 14.3. The first-order chi connectivity index (χ1) is 11.0. The van der Waals surface area contributed by atoms with Gasteiger partial charge in [0.1, 0.15) is 5.82 Å². The van der Waals surface area contributed by atoms with Crippen LogP contribution in [0.5, 0.6) is 11.5 Å². The number of para-hydroxylation sites is 1. The smallest absolute Gasteiger partial charge is 0.278 e. The number of halogens is 2. The third-order valence-electron chi connectivity index (χ3n) is 4.46. The van der Waals surface area contributed by atoms with Gasteiger partial charge in [-0.15, -0.1) is 0 Å². The van der Waals surface area contributed by atoms with E-state index in [2.05, 4.69) is 19.9 Å². The van der Waals surface area contributed by atoms with Crippen LogP contribution in [0.15, 0.2) is 36.4 Å². The molecule has 1 heterocycles. The van der Waals surface area contributed by atoms with Gasteiger partial charge in [-0.05, 0) is 43.0 Å². The van der Waals surface area contributed by atoms with Crippen LogP contribution in [0.3, 0.4) is 0 Å². The van der Waals surface area contributed by atoms with Crippen molar-refractivity contribution < 1.29 is 13.9 Å². The number of benzene rings is 2. The number of hydrogen-bond donors (Lipinski definition) is 0. The third kappa shape index (κ3) is 2.78. The zero-order chi connectivity index (χ0) is 16.6. The van der Waals surface area contributed by atoms with Crippen LogP contribution in [0, 0.1) is 5.82 Å². The summed E-state index contributed by atoms with van der Waals surface area (Å²) in [5.74, 6) is 0.159. The fourth-order valence-corrected chi connectivity index (χ4v) is 3.32. The molecule has 0 aliphatic carbocycles. The number of hydrogen-bond acceptors (Lipinski definition) is 2. The Bertz CT molecular complexity index is 727. The summed E-state index contributed by atoms with van der Waals surface area (Å²) >= 11 is 5.84. The number of rotatable bonds is 4. The van der Waals surface area contributed by atoms with Crippen LogP contribution in [0.25, 0.3) is 0 Å². The first-order valence-electron chi connectivity index (χ1n) is 7.95. The first kappa shape index (κ1) is 16.1. The second-order valence-corrected chi connectivity index (χ2v) is 6.40. The Balaban J connectivity index is 2.02. The molecular formula is C19H20ClFO2. The maximum Gasteiger partial charge on any atom is 0.278 e. The fraction of sp³-hybridized carbons (Fsp3) is 0.368. The van der Waals surface area contributed by atoms with Gasteiger partial charge in [0, 0.05) is 17.5 Å². The Morgan fingerprint density at radius 1 is 1.13 bits per heavy atom. The quantitative estimate of drug-likeness (QED) is 0.680. The maximum absolute atomic E-state index is 14.3. The molecule has 1 unspecified atom stereocenters. The Morgan fingerprint density at radius 2 is 1.87 bits per heavy atom. The van der Waals surface area contributed by atoms with Crippen molar-refractivity contribution in [3.8, 4) is 11.5 Å². The maximum atomic E-state index is 14.3. The minimum atomic E-state index is -1.18. The van der Waals surface area contributed by atoms with Gasteiger partial charge < -0.3 is 9.47 Å². The first-order valence-corrected chi connectivity index (χ1v) is 8.32. The van der Waals surface area contributed by atoms with Crippen LogP contribution in [0.1, 0.15) is 50.7 Å². The van der Waals surface area contributed by atoms with E-state index in [0.29, 0.717) is 22.3 Å². The standard InChI is InChI=1S/C19H20ClFO2/c1-4-12(5-2)14-7-6-8-17-18(14)23-19(3,22-17)15-10-9-13(20)11-16(15)21/h6-12H,4-5H2,1-3H3. The summed E-state index contributed by atoms with van der Waals surface area (Å²) in [4.78, 5) is 0. The Morgan fingerprint density at radius 3 is 2.52 bits per heavy atom. The minimum Gasteiger partial charge on any atom is -0.444 e. The topological polar surface area (TPSA) is 18.5 Å². The van der Waals surface area contributed by atoms with Gasteiger partial charge in [-0.3, -0.25) is 0 Å². The normalized spacial score (nSPS) is 19.4. The van der Waals surface area contributed by atoms with Gasteiger partial charge in [-0.2, -0.15) is 0 Å². The molecule has 2 nitrogen and oxygen atoms in total. The molecular weight excluding hydrogens is 315 g/mol. The van der Waals surface area contributed by atoms with Crippen LogP contribution in [-0.4, -0.2) is 0 Å². The molecule has 3 rings (SSSR count). The monoisotopic (exact) mass is 334 g/mol. The molecule has 2 aromatic carbocycles. The molecule has 0 aromatic heterocycles. The molecule has 0 saturated heterocycles. The summed E-state index contributed by atoms with van der Waals surface area (Å²) in [6, 6.07) is 10.4. The predicted octanol–water partition coefficient (Wildman–Crippen LogP) is 6.03. The lowest BCUT2D eigenvalue weighted by Crippen LogP contribution is -2.32. The van der Waals surface area contributed by atoms with E-state index in [-0.39, 0.29) is 0 Å². The highest BCUT2D eigenvalue weighted by Gasteiger charge is 2.42. The van der Waals surface area contributed by atoms with Gasteiger partial charge >= 0.3 is 0 Å². The van der Waals surface area contributed by atoms with E-state index in [1.165, 1.54) is 6.07 Å². The van der Waals surface area contributed by atoms with E-state index >= 15 is 0 Å². The van der Waals surface area contributed by atoms with E-state index in [4.69, 9.17) is 21.1 Å². The van der Waals surface area contributed by atoms with Crippen LogP contribution in [0.2, 0.25) is 5.02 Å². The van der Waals surface area contributed by atoms with E-state index in [0.717, 1.165) is 24.2 Å². The molecule has 1 aliphatic rings. The highest BCUT2D eigenvalue weighted by Crippen LogP contribution is 2.49. The molecule has 1 aliphatic heterocycles. The Labute approximate surface area is 141 Å². The molecule has 1 atom stereocenters. The minimum absolute atomic E-state index is 0.341.